The van der Waals surface area contributed by atoms with Gasteiger partial charge in [-0.1, -0.05) is 41.7 Å². The van der Waals surface area contributed by atoms with E-state index in [1.165, 1.54) is 22.7 Å². The second-order valence-corrected chi connectivity index (χ2v) is 9.61. The van der Waals surface area contributed by atoms with Crippen LogP contribution in [0.4, 0.5) is 15.6 Å². The monoisotopic (exact) mass is 476 g/mol. The number of allylic oxidation sites excluding steroid dienone is 1. The summed E-state index contributed by atoms with van der Waals surface area (Å²) in [4.78, 5) is 36.0. The second kappa shape index (κ2) is 8.76. The number of urea groups is 1. The van der Waals surface area contributed by atoms with E-state index in [0.717, 1.165) is 39.9 Å². The predicted octanol–water partition coefficient (Wildman–Crippen LogP) is 6.14. The highest BCUT2D eigenvalue weighted by Gasteiger charge is 2.25. The molecule has 2 aromatic heterocycles. The van der Waals surface area contributed by atoms with Crippen LogP contribution in [0.1, 0.15) is 34.3 Å². The molecule has 7 nitrogen and oxygen atoms in total. The molecule has 0 radical (unpaired) electrons. The Balaban J connectivity index is 1.46. The number of hydrogen-bond acceptors (Lipinski definition) is 6. The Bertz CT molecular complexity index is 1370. The van der Waals surface area contributed by atoms with Crippen molar-refractivity contribution in [3.8, 4) is 10.6 Å². The lowest BCUT2D eigenvalue weighted by Crippen LogP contribution is -2.38. The Hall–Kier alpha value is -3.56. The molecule has 4 aromatic rings. The molecule has 33 heavy (non-hydrogen) atoms. The third-order valence-electron chi connectivity index (χ3n) is 5.38. The van der Waals surface area contributed by atoms with E-state index in [-0.39, 0.29) is 11.7 Å². The molecular formula is C24H20N4O3S2. The van der Waals surface area contributed by atoms with Crippen molar-refractivity contribution in [2.24, 2.45) is 0 Å². The van der Waals surface area contributed by atoms with E-state index in [9.17, 15) is 14.7 Å². The number of carbonyl (C=O) groups excluding carboxylic acids is 1. The van der Waals surface area contributed by atoms with Gasteiger partial charge in [-0.15, -0.1) is 11.3 Å². The number of thiazole rings is 2. The average molecular weight is 477 g/mol. The van der Waals surface area contributed by atoms with Crippen LogP contribution in [-0.4, -0.2) is 33.6 Å². The third-order valence-corrected chi connectivity index (χ3v) is 7.40. The van der Waals surface area contributed by atoms with Crippen LogP contribution in [0.5, 0.6) is 0 Å². The van der Waals surface area contributed by atoms with Gasteiger partial charge >= 0.3 is 12.0 Å². The topological polar surface area (TPSA) is 95.4 Å². The maximum Gasteiger partial charge on any atom is 0.356 e. The van der Waals surface area contributed by atoms with Gasteiger partial charge in [0.1, 0.15) is 5.01 Å². The van der Waals surface area contributed by atoms with Gasteiger partial charge in [0.05, 0.1) is 15.1 Å². The molecular weight excluding hydrogens is 456 g/mol. The van der Waals surface area contributed by atoms with Gasteiger partial charge in [-0.05, 0) is 49.6 Å². The summed E-state index contributed by atoms with van der Waals surface area (Å²) in [5.74, 6) is -1.06. The van der Waals surface area contributed by atoms with E-state index in [4.69, 9.17) is 0 Å². The second-order valence-electron chi connectivity index (χ2n) is 7.55. The first kappa shape index (κ1) is 21.3. The van der Waals surface area contributed by atoms with Gasteiger partial charge < -0.3 is 5.11 Å². The largest absolute Gasteiger partial charge is 0.476 e. The van der Waals surface area contributed by atoms with Gasteiger partial charge in [-0.2, -0.15) is 0 Å². The number of para-hydroxylation sites is 1. The molecule has 0 atom stereocenters. The number of nitrogens with zero attached hydrogens (tertiary/aromatic N) is 3. The lowest BCUT2D eigenvalue weighted by Gasteiger charge is -2.29. The van der Waals surface area contributed by atoms with Gasteiger partial charge in [0.25, 0.3) is 0 Å². The van der Waals surface area contributed by atoms with Gasteiger partial charge in [0.2, 0.25) is 0 Å². The van der Waals surface area contributed by atoms with Crippen molar-refractivity contribution < 1.29 is 14.7 Å². The van der Waals surface area contributed by atoms with Crippen molar-refractivity contribution in [1.82, 2.24) is 9.97 Å². The van der Waals surface area contributed by atoms with Gasteiger partial charge in [0.15, 0.2) is 10.8 Å². The number of carboxylic acids is 1. The Morgan fingerprint density at radius 3 is 2.79 bits per heavy atom. The lowest BCUT2D eigenvalue weighted by atomic mass is 10.00. The highest BCUT2D eigenvalue weighted by molar-refractivity contribution is 7.22. The Kier molecular flexibility index (Phi) is 5.65. The van der Waals surface area contributed by atoms with Gasteiger partial charge in [0, 0.05) is 17.8 Å². The Morgan fingerprint density at radius 1 is 1.15 bits per heavy atom. The molecule has 1 aliphatic rings. The number of fused-ring (bicyclic) bond motifs is 2. The summed E-state index contributed by atoms with van der Waals surface area (Å²) < 4.78 is 1.02. The molecule has 9 heteroatoms. The van der Waals surface area contributed by atoms with Crippen molar-refractivity contribution in [2.45, 2.75) is 19.8 Å². The van der Waals surface area contributed by atoms with Crippen LogP contribution >= 0.6 is 22.7 Å². The summed E-state index contributed by atoms with van der Waals surface area (Å²) in [6.45, 7) is 2.43. The lowest BCUT2D eigenvalue weighted by molar-refractivity contribution is 0.0691. The first-order valence-corrected chi connectivity index (χ1v) is 12.1. The quantitative estimate of drug-likeness (QED) is 0.369. The highest BCUT2D eigenvalue weighted by Crippen LogP contribution is 2.36. The number of amides is 2. The number of aryl methyl sites for hydroxylation is 1. The Morgan fingerprint density at radius 2 is 2.00 bits per heavy atom. The van der Waals surface area contributed by atoms with Crippen molar-refractivity contribution in [1.29, 1.82) is 0 Å². The maximum absolute atomic E-state index is 13.2. The van der Waals surface area contributed by atoms with E-state index < -0.39 is 5.97 Å². The average Bonchev–Trinajstić information content (AvgIpc) is 3.42. The molecule has 0 aliphatic carbocycles. The molecule has 0 saturated carbocycles. The van der Waals surface area contributed by atoms with E-state index >= 15 is 0 Å². The van der Waals surface area contributed by atoms with Crippen molar-refractivity contribution in [2.75, 3.05) is 16.8 Å². The number of aromatic carboxylic acids is 1. The molecule has 0 unspecified atom stereocenters. The fourth-order valence-electron chi connectivity index (χ4n) is 3.88. The number of benzene rings is 2. The molecule has 166 valence electrons. The molecule has 1 aliphatic heterocycles. The molecule has 3 heterocycles. The van der Waals surface area contributed by atoms with E-state index in [1.54, 1.807) is 17.1 Å². The summed E-state index contributed by atoms with van der Waals surface area (Å²) in [5.41, 5.74) is 3.58. The number of rotatable bonds is 4. The minimum Gasteiger partial charge on any atom is -0.476 e. The summed E-state index contributed by atoms with van der Waals surface area (Å²) in [6, 6.07) is 13.4. The van der Waals surface area contributed by atoms with Crippen LogP contribution in [0.3, 0.4) is 0 Å². The molecule has 0 bridgehead atoms. The van der Waals surface area contributed by atoms with Crippen LogP contribution in [0.15, 0.2) is 48.5 Å². The number of carboxylic acid groups (broad SMARTS) is 1. The van der Waals surface area contributed by atoms with Crippen molar-refractivity contribution in [3.05, 3.63) is 64.7 Å². The smallest absolute Gasteiger partial charge is 0.356 e. The van der Waals surface area contributed by atoms with Crippen LogP contribution in [-0.2, 0) is 6.42 Å². The van der Waals surface area contributed by atoms with Gasteiger partial charge in [-0.3, -0.25) is 10.2 Å². The minimum absolute atomic E-state index is 0.0382. The SMILES string of the molecule is CC=Cc1sc(-c2ccc3c(c2)N(C(=O)Nc2nc4ccccc4s2)CCC3)nc1C(=O)O. The highest BCUT2D eigenvalue weighted by atomic mass is 32.1. The summed E-state index contributed by atoms with van der Waals surface area (Å²) >= 11 is 2.77. The Labute approximate surface area is 198 Å². The summed E-state index contributed by atoms with van der Waals surface area (Å²) in [5, 5.41) is 13.6. The zero-order valence-electron chi connectivity index (χ0n) is 17.7. The number of aromatic nitrogens is 2. The molecule has 0 saturated heterocycles. The van der Waals surface area contributed by atoms with Crippen LogP contribution in [0, 0.1) is 0 Å². The molecule has 2 aromatic carbocycles. The fourth-order valence-corrected chi connectivity index (χ4v) is 5.76. The minimum atomic E-state index is -1.06. The van der Waals surface area contributed by atoms with E-state index in [1.807, 2.05) is 49.4 Å². The predicted molar refractivity (Wildman–Crippen MR) is 134 cm³/mol. The number of carbonyl (C=O) groups is 2. The molecule has 5 rings (SSSR count). The van der Waals surface area contributed by atoms with E-state index in [0.29, 0.717) is 21.6 Å². The number of nitrogens with one attached hydrogen (secondary N) is 1. The molecule has 2 amide bonds. The molecule has 2 N–H and O–H groups in total. The number of anilines is 2. The first-order valence-electron chi connectivity index (χ1n) is 10.5. The van der Waals surface area contributed by atoms with E-state index in [2.05, 4.69) is 15.3 Å². The third kappa shape index (κ3) is 4.12. The normalized spacial score (nSPS) is 13.4. The molecule has 0 fully saturated rings. The van der Waals surface area contributed by atoms with Gasteiger partial charge in [-0.25, -0.2) is 19.6 Å². The van der Waals surface area contributed by atoms with Crippen LogP contribution in [0.25, 0.3) is 26.9 Å². The molecule has 0 spiro atoms. The summed E-state index contributed by atoms with van der Waals surface area (Å²) in [6.07, 6.45) is 5.29. The zero-order chi connectivity index (χ0) is 22.9. The number of hydrogen-bond donors (Lipinski definition) is 2. The fraction of sp³-hybridized carbons (Fsp3) is 0.167. The first-order chi connectivity index (χ1) is 16.0. The summed E-state index contributed by atoms with van der Waals surface area (Å²) in [7, 11) is 0. The van der Waals surface area contributed by atoms with Crippen molar-refractivity contribution in [3.63, 3.8) is 0 Å². The zero-order valence-corrected chi connectivity index (χ0v) is 19.4. The van der Waals surface area contributed by atoms with Crippen molar-refractivity contribution >= 4 is 61.8 Å². The van der Waals surface area contributed by atoms with Crippen LogP contribution in [0.2, 0.25) is 0 Å². The maximum atomic E-state index is 13.2. The standard InChI is InChI=1S/C24H20N4O3S2/c1-2-6-19-20(22(29)30)26-21(32-19)15-11-10-14-7-5-12-28(17(14)13-15)24(31)27-23-25-16-8-3-4-9-18(16)33-23/h2-4,6,8-11,13H,5,7,12H2,1H3,(H,29,30)(H,25,27,31). The van der Waals surface area contributed by atoms with Crippen LogP contribution < -0.4 is 10.2 Å².